The smallest absolute Gasteiger partial charge is 0.244 e. The van der Waals surface area contributed by atoms with Crippen molar-refractivity contribution >= 4 is 35.3 Å². The van der Waals surface area contributed by atoms with Crippen molar-refractivity contribution in [3.05, 3.63) is 70.8 Å². The van der Waals surface area contributed by atoms with Crippen molar-refractivity contribution in [2.75, 3.05) is 19.4 Å². The predicted molar refractivity (Wildman–Crippen MR) is 103 cm³/mol. The standard InChI is InChI=1S/C19H20ClNO2S/c1-23-18-9-4-15(5-10-18)6-11-19(22)21-12-13-24-14-16-2-7-17(20)8-3-16/h2-11H,12-14H2,1H3,(H,21,22). The largest absolute Gasteiger partial charge is 0.497 e. The van der Waals surface area contributed by atoms with Crippen molar-refractivity contribution in [1.82, 2.24) is 5.32 Å². The van der Waals surface area contributed by atoms with Crippen LogP contribution in [0.1, 0.15) is 11.1 Å². The van der Waals surface area contributed by atoms with E-state index in [0.717, 1.165) is 27.8 Å². The van der Waals surface area contributed by atoms with Crippen LogP contribution in [0.15, 0.2) is 54.6 Å². The quantitative estimate of drug-likeness (QED) is 0.559. The Kier molecular flexibility index (Phi) is 7.72. The van der Waals surface area contributed by atoms with Gasteiger partial charge < -0.3 is 10.1 Å². The summed E-state index contributed by atoms with van der Waals surface area (Å²) in [7, 11) is 1.63. The van der Waals surface area contributed by atoms with E-state index in [0.29, 0.717) is 6.54 Å². The summed E-state index contributed by atoms with van der Waals surface area (Å²) in [5, 5.41) is 3.63. The van der Waals surface area contributed by atoms with Gasteiger partial charge in [0.25, 0.3) is 0 Å². The Morgan fingerprint density at radius 1 is 1.17 bits per heavy atom. The summed E-state index contributed by atoms with van der Waals surface area (Å²) in [5.41, 5.74) is 2.19. The zero-order chi connectivity index (χ0) is 17.2. The van der Waals surface area contributed by atoms with Gasteiger partial charge in [-0.25, -0.2) is 0 Å². The molecule has 0 aromatic heterocycles. The zero-order valence-corrected chi connectivity index (χ0v) is 15.1. The van der Waals surface area contributed by atoms with E-state index in [1.165, 1.54) is 5.56 Å². The van der Waals surface area contributed by atoms with Crippen LogP contribution in [0, 0.1) is 0 Å². The Bertz CT molecular complexity index is 669. The van der Waals surface area contributed by atoms with Crippen LogP contribution < -0.4 is 10.1 Å². The average Bonchev–Trinajstić information content (AvgIpc) is 2.61. The summed E-state index contributed by atoms with van der Waals surface area (Å²) in [6, 6.07) is 15.4. The minimum Gasteiger partial charge on any atom is -0.497 e. The van der Waals surface area contributed by atoms with Gasteiger partial charge in [-0.1, -0.05) is 35.9 Å². The first-order valence-corrected chi connectivity index (χ1v) is 9.13. The summed E-state index contributed by atoms with van der Waals surface area (Å²) in [4.78, 5) is 11.8. The maximum Gasteiger partial charge on any atom is 0.244 e. The molecule has 0 spiro atoms. The number of methoxy groups -OCH3 is 1. The maximum atomic E-state index is 11.8. The Morgan fingerprint density at radius 3 is 2.54 bits per heavy atom. The molecule has 0 bridgehead atoms. The second-order valence-corrected chi connectivity index (χ2v) is 6.62. The minimum absolute atomic E-state index is 0.0853. The van der Waals surface area contributed by atoms with Crippen LogP contribution in [0.4, 0.5) is 0 Å². The molecule has 0 heterocycles. The average molecular weight is 362 g/mol. The van der Waals surface area contributed by atoms with E-state index in [-0.39, 0.29) is 5.91 Å². The van der Waals surface area contributed by atoms with Gasteiger partial charge in [-0.3, -0.25) is 4.79 Å². The van der Waals surface area contributed by atoms with Crippen LogP contribution >= 0.6 is 23.4 Å². The second-order valence-electron chi connectivity index (χ2n) is 5.08. The first-order valence-electron chi connectivity index (χ1n) is 7.59. The topological polar surface area (TPSA) is 38.3 Å². The molecule has 5 heteroatoms. The van der Waals surface area contributed by atoms with Crippen molar-refractivity contribution in [3.8, 4) is 5.75 Å². The molecule has 2 rings (SSSR count). The number of amides is 1. The highest BCUT2D eigenvalue weighted by Crippen LogP contribution is 2.15. The van der Waals surface area contributed by atoms with Gasteiger partial charge in [-0.15, -0.1) is 0 Å². The SMILES string of the molecule is COc1ccc(C=CC(=O)NCCSCc2ccc(Cl)cc2)cc1. The molecule has 126 valence electrons. The minimum atomic E-state index is -0.0853. The van der Waals surface area contributed by atoms with E-state index in [2.05, 4.69) is 5.32 Å². The van der Waals surface area contributed by atoms with Gasteiger partial charge in [0.1, 0.15) is 5.75 Å². The molecule has 0 fully saturated rings. The van der Waals surface area contributed by atoms with Crippen LogP contribution in [-0.4, -0.2) is 25.3 Å². The van der Waals surface area contributed by atoms with Gasteiger partial charge >= 0.3 is 0 Å². The van der Waals surface area contributed by atoms with E-state index in [1.807, 2.05) is 48.5 Å². The molecule has 2 aromatic rings. The monoisotopic (exact) mass is 361 g/mol. The fraction of sp³-hybridized carbons (Fsp3) is 0.211. The number of hydrogen-bond acceptors (Lipinski definition) is 3. The number of ether oxygens (including phenoxy) is 1. The van der Waals surface area contributed by atoms with Gasteiger partial charge in [0.2, 0.25) is 5.91 Å². The third kappa shape index (κ3) is 6.69. The molecule has 0 aliphatic rings. The Balaban J connectivity index is 1.63. The number of halogens is 1. The molecule has 0 aliphatic heterocycles. The van der Waals surface area contributed by atoms with Gasteiger partial charge in [0, 0.05) is 29.1 Å². The van der Waals surface area contributed by atoms with Gasteiger partial charge in [-0.2, -0.15) is 11.8 Å². The maximum absolute atomic E-state index is 11.8. The molecule has 0 saturated heterocycles. The molecule has 24 heavy (non-hydrogen) atoms. The summed E-state index contributed by atoms with van der Waals surface area (Å²) < 4.78 is 5.10. The lowest BCUT2D eigenvalue weighted by atomic mass is 10.2. The van der Waals surface area contributed by atoms with Crippen LogP contribution in [-0.2, 0) is 10.5 Å². The van der Waals surface area contributed by atoms with E-state index >= 15 is 0 Å². The van der Waals surface area contributed by atoms with Crippen molar-refractivity contribution in [2.45, 2.75) is 5.75 Å². The van der Waals surface area contributed by atoms with Gasteiger partial charge in [0.15, 0.2) is 0 Å². The number of thioether (sulfide) groups is 1. The van der Waals surface area contributed by atoms with Gasteiger partial charge in [0.05, 0.1) is 7.11 Å². The number of nitrogens with one attached hydrogen (secondary N) is 1. The zero-order valence-electron chi connectivity index (χ0n) is 13.5. The third-order valence-corrected chi connectivity index (χ3v) is 4.55. The number of hydrogen-bond donors (Lipinski definition) is 1. The summed E-state index contributed by atoms with van der Waals surface area (Å²) >= 11 is 7.63. The summed E-state index contributed by atoms with van der Waals surface area (Å²) in [6.07, 6.45) is 3.33. The Hall–Kier alpha value is -1.91. The van der Waals surface area contributed by atoms with Crippen molar-refractivity contribution < 1.29 is 9.53 Å². The molecule has 0 radical (unpaired) electrons. The molecule has 3 nitrogen and oxygen atoms in total. The number of rotatable bonds is 8. The van der Waals surface area contributed by atoms with Crippen LogP contribution in [0.5, 0.6) is 5.75 Å². The van der Waals surface area contributed by atoms with E-state index < -0.39 is 0 Å². The first-order chi connectivity index (χ1) is 11.7. The molecular weight excluding hydrogens is 342 g/mol. The summed E-state index contributed by atoms with van der Waals surface area (Å²) in [6.45, 7) is 0.643. The molecule has 0 aliphatic carbocycles. The number of carbonyl (C=O) groups is 1. The number of benzene rings is 2. The molecule has 1 amide bonds. The van der Waals surface area contributed by atoms with Crippen molar-refractivity contribution in [1.29, 1.82) is 0 Å². The predicted octanol–water partition coefficient (Wildman–Crippen LogP) is 4.41. The lowest BCUT2D eigenvalue weighted by molar-refractivity contribution is -0.116. The molecule has 0 unspecified atom stereocenters. The highest BCUT2D eigenvalue weighted by Gasteiger charge is 1.97. The molecule has 2 aromatic carbocycles. The normalized spacial score (nSPS) is 10.8. The summed E-state index contributed by atoms with van der Waals surface area (Å²) in [5.74, 6) is 2.49. The van der Waals surface area contributed by atoms with Crippen molar-refractivity contribution in [2.24, 2.45) is 0 Å². The second kappa shape index (κ2) is 10.1. The van der Waals surface area contributed by atoms with Crippen LogP contribution in [0.2, 0.25) is 5.02 Å². The number of carbonyl (C=O) groups excluding carboxylic acids is 1. The molecular formula is C19H20ClNO2S. The van der Waals surface area contributed by atoms with Crippen molar-refractivity contribution in [3.63, 3.8) is 0 Å². The lowest BCUT2D eigenvalue weighted by Crippen LogP contribution is -2.23. The van der Waals surface area contributed by atoms with Gasteiger partial charge in [-0.05, 0) is 41.5 Å². The Labute approximate surface area is 152 Å². The first kappa shape index (κ1) is 18.4. The fourth-order valence-electron chi connectivity index (χ4n) is 1.96. The van der Waals surface area contributed by atoms with Crippen LogP contribution in [0.3, 0.4) is 0 Å². The van der Waals surface area contributed by atoms with E-state index in [9.17, 15) is 4.79 Å². The third-order valence-electron chi connectivity index (χ3n) is 3.27. The Morgan fingerprint density at radius 2 is 1.88 bits per heavy atom. The molecule has 0 saturated carbocycles. The van der Waals surface area contributed by atoms with Crippen LogP contribution in [0.25, 0.3) is 6.08 Å². The highest BCUT2D eigenvalue weighted by atomic mass is 35.5. The van der Waals surface area contributed by atoms with E-state index in [1.54, 1.807) is 31.0 Å². The molecule has 1 N–H and O–H groups in total. The lowest BCUT2D eigenvalue weighted by Gasteiger charge is -2.03. The molecule has 0 atom stereocenters. The highest BCUT2D eigenvalue weighted by molar-refractivity contribution is 7.98. The van der Waals surface area contributed by atoms with E-state index in [4.69, 9.17) is 16.3 Å². The fourth-order valence-corrected chi connectivity index (χ4v) is 2.91.